The standard InChI is InChI=1S/C88H121IN4O29S3/c1-14-93(32-23-33-108-35-37-110-39-41-112-43-44-113-42-40-111-38-36-109-34-31-90-85(100)115-49-59-57-26-20-18-24-55(57)56-25-19-21-27-58(56)59)61-50-114-66(47-65(61)103-9)120-79-74(97)71(52(3)117-84(79)119-64-28-17-15-16-22-30-88(102)48-63(95)72(91-86(101)107-13)69(64)60(88)29-45-123-125-87(6,7)8)92-122-67-46-62(94)81(54(5)116-67)124-82(99)68-51(2)70(89)77(80(106-12)76(68)104-10)121-83-75(98)78(105-11)73(96)53(4)118-83/h15-16,18-21,24-27,29,52-54,59,61-62,64-67,71,73-75,78-79,81,83-84,92,94,96-98,102H,14,23,31-50H2,1-13H3,(H,90,100)(H,91,101)/b16-15?,60-29+/t52-,53+,54-,61+,62+,64+,65+,66+,67+,71-,73+,74+,75-,78-,79-,81-,83+,84+,88+/m1/s1. The Morgan fingerprint density at radius 2 is 1.34 bits per heavy atom. The van der Waals surface area contributed by atoms with Gasteiger partial charge in [0.15, 0.2) is 41.8 Å². The highest BCUT2D eigenvalue weighted by Gasteiger charge is 2.53. The van der Waals surface area contributed by atoms with Gasteiger partial charge in [-0.3, -0.25) is 24.6 Å². The molecule has 37 heteroatoms. The quantitative estimate of drug-likeness (QED) is 0.00894. The number of Topliss-reactive ketones (excluding diaryl/α,β-unsaturated/α-hetero) is 1. The third-order valence-corrected chi connectivity index (χ3v) is 27.7. The van der Waals surface area contributed by atoms with Crippen LogP contribution in [0.2, 0.25) is 0 Å². The highest BCUT2D eigenvalue weighted by atomic mass is 127. The van der Waals surface area contributed by atoms with Crippen molar-refractivity contribution >= 4 is 79.0 Å². The zero-order valence-electron chi connectivity index (χ0n) is 73.0. The minimum absolute atomic E-state index is 0.00836. The van der Waals surface area contributed by atoms with E-state index in [0.29, 0.717) is 120 Å². The maximum atomic E-state index is 14.6. The van der Waals surface area contributed by atoms with Gasteiger partial charge in [0.25, 0.3) is 0 Å². The van der Waals surface area contributed by atoms with Crippen LogP contribution >= 0.6 is 55.9 Å². The molecule has 4 saturated heterocycles. The van der Waals surface area contributed by atoms with Crippen LogP contribution in [-0.4, -0.2) is 327 Å². The van der Waals surface area contributed by atoms with E-state index < -0.39 is 139 Å². The molecule has 7 aliphatic rings. The van der Waals surface area contributed by atoms with E-state index in [1.165, 1.54) is 55.4 Å². The number of aliphatic hydroxyl groups is 5. The summed E-state index contributed by atoms with van der Waals surface area (Å²) in [7, 11) is 9.90. The van der Waals surface area contributed by atoms with Crippen molar-refractivity contribution in [2.24, 2.45) is 0 Å². The molecule has 3 aliphatic carbocycles. The Kier molecular flexibility index (Phi) is 40.5. The number of ether oxygens (including phenoxy) is 19. The van der Waals surface area contributed by atoms with Crippen molar-refractivity contribution in [1.82, 2.24) is 21.0 Å². The fourth-order valence-electron chi connectivity index (χ4n) is 15.5. The van der Waals surface area contributed by atoms with Gasteiger partial charge in [-0.15, -0.1) is 0 Å². The fourth-order valence-corrected chi connectivity index (χ4v) is 19.4. The van der Waals surface area contributed by atoms with Crippen molar-refractivity contribution in [1.29, 1.82) is 0 Å². The Morgan fingerprint density at radius 3 is 1.94 bits per heavy atom. The summed E-state index contributed by atoms with van der Waals surface area (Å²) in [6.07, 6.45) is -14.4. The second kappa shape index (κ2) is 50.0. The monoisotopic (exact) mass is 1920 g/mol. The summed E-state index contributed by atoms with van der Waals surface area (Å²) in [5, 5.41) is 63.2. The number of aliphatic hydroxyl groups excluding tert-OH is 4. The second-order valence-corrected chi connectivity index (χ2v) is 36.7. The number of nitrogens with zero attached hydrogens (tertiary/aromatic N) is 1. The van der Waals surface area contributed by atoms with Crippen molar-refractivity contribution in [3.63, 3.8) is 0 Å². The van der Waals surface area contributed by atoms with E-state index in [1.54, 1.807) is 51.7 Å². The molecule has 19 atom stereocenters. The number of benzene rings is 3. The average Bonchev–Trinajstić information content (AvgIpc) is 1.60. The molecule has 0 aromatic heterocycles. The first-order valence-electron chi connectivity index (χ1n) is 41.9. The molecule has 692 valence electrons. The molecule has 0 radical (unpaired) electrons. The summed E-state index contributed by atoms with van der Waals surface area (Å²) >= 11 is 2.82. The Hall–Kier alpha value is -5.82. The third-order valence-electron chi connectivity index (χ3n) is 21.8. The van der Waals surface area contributed by atoms with E-state index in [4.69, 9.17) is 94.8 Å². The van der Waals surface area contributed by atoms with E-state index >= 15 is 0 Å². The van der Waals surface area contributed by atoms with Gasteiger partial charge in [-0.1, -0.05) is 139 Å². The fraction of sp³-hybridized carbons (Fsp3) is 0.636. The Morgan fingerprint density at radius 1 is 0.712 bits per heavy atom. The van der Waals surface area contributed by atoms with Gasteiger partial charge in [0, 0.05) is 74.3 Å². The van der Waals surface area contributed by atoms with Gasteiger partial charge in [-0.05, 0) is 103 Å². The van der Waals surface area contributed by atoms with Crippen LogP contribution in [0.15, 0.2) is 83.6 Å². The van der Waals surface area contributed by atoms with Crippen LogP contribution in [0.25, 0.3) is 11.1 Å². The lowest BCUT2D eigenvalue weighted by atomic mass is 9.75. The molecular weight excluding hydrogens is 1800 g/mol. The molecule has 0 unspecified atom stereocenters. The number of halogens is 1. The molecule has 8 N–H and O–H groups in total. The number of likely N-dealkylation sites (N-methyl/N-ethyl adjacent to an activating group) is 1. The summed E-state index contributed by atoms with van der Waals surface area (Å²) in [5.41, 5.74) is 5.86. The maximum Gasteiger partial charge on any atom is 0.411 e. The second-order valence-electron chi connectivity index (χ2n) is 31.3. The van der Waals surface area contributed by atoms with Gasteiger partial charge in [0.1, 0.15) is 43.2 Å². The predicted octanol–water partition coefficient (Wildman–Crippen LogP) is 7.46. The average molecular weight is 1920 g/mol. The topological polar surface area (TPSA) is 393 Å². The van der Waals surface area contributed by atoms with Crippen LogP contribution in [0, 0.1) is 34.2 Å². The predicted molar refractivity (Wildman–Crippen MR) is 472 cm³/mol. The van der Waals surface area contributed by atoms with Crippen molar-refractivity contribution < 1.29 is 140 Å². The van der Waals surface area contributed by atoms with E-state index in [1.807, 2.05) is 53.8 Å². The van der Waals surface area contributed by atoms with E-state index in [0.717, 1.165) is 30.0 Å². The van der Waals surface area contributed by atoms with Crippen molar-refractivity contribution in [2.45, 2.75) is 207 Å². The Labute approximate surface area is 756 Å². The highest BCUT2D eigenvalue weighted by Crippen LogP contribution is 2.50. The molecule has 33 nitrogen and oxygen atoms in total. The molecule has 4 heterocycles. The summed E-state index contributed by atoms with van der Waals surface area (Å²) < 4.78 is 114. The minimum Gasteiger partial charge on any atom is -0.492 e. The van der Waals surface area contributed by atoms with Crippen molar-refractivity contribution in [2.75, 3.05) is 153 Å². The molecule has 2 bridgehead atoms. The first-order valence-corrected chi connectivity index (χ1v) is 46.2. The van der Waals surface area contributed by atoms with Gasteiger partial charge >= 0.3 is 12.2 Å². The van der Waals surface area contributed by atoms with Crippen LogP contribution in [0.3, 0.4) is 0 Å². The lowest BCUT2D eigenvalue weighted by Crippen LogP contribution is -2.65. The van der Waals surface area contributed by atoms with Crippen LogP contribution in [0.4, 0.5) is 9.59 Å². The summed E-state index contributed by atoms with van der Waals surface area (Å²) in [6, 6.07) is 15.0. The number of amides is 2. The SMILES string of the molecule is CCN(CCCOCCOCCOCCOCCOCCOCCNC(=O)OCC1c2ccccc2-c2ccccc21)[C@H]1CO[C@@H](O[C@H]2[C@H](O[C@H]3C#CC=CC#C[C@]4(O)CC(=O)C(NC(=O)OC)=C3/C4=C\CSSC(C)(C)C)O[C@H](C)[C@@H](NO[C@H]3C[C@H](O)[C@H](SC(=O)c4c(C)c(I)c(O[C@@H]5O[C@@H](C)[C@H](O)[C@@H](OC)[C@H]5O)c(OC)c4OC)[C@@H](C)O3)[C@@H]2O)C[C@@H]1OC. The maximum absolute atomic E-state index is 14.6. The first kappa shape index (κ1) is 101. The number of hydrogen-bond acceptors (Lipinski definition) is 34. The number of alkyl carbamates (subject to hydrolysis) is 2. The number of nitrogens with one attached hydrogen (secondary N) is 3. The molecule has 4 aliphatic heterocycles. The zero-order chi connectivity index (χ0) is 89.9. The van der Waals surface area contributed by atoms with Gasteiger partial charge in [0.05, 0.1) is 170 Å². The zero-order valence-corrected chi connectivity index (χ0v) is 77.6. The van der Waals surface area contributed by atoms with Crippen molar-refractivity contribution in [3.8, 4) is 52.1 Å². The highest BCUT2D eigenvalue weighted by molar-refractivity contribution is 14.1. The molecule has 10 rings (SSSR count). The number of carbonyl (C=O) groups excluding carboxylic acids is 4. The van der Waals surface area contributed by atoms with E-state index in [-0.39, 0.29) is 82.4 Å². The van der Waals surface area contributed by atoms with Gasteiger partial charge in [0.2, 0.25) is 17.2 Å². The summed E-state index contributed by atoms with van der Waals surface area (Å²) in [6.45, 7) is 21.4. The first-order chi connectivity index (χ1) is 60.2. The lowest BCUT2D eigenvalue weighted by Gasteiger charge is -2.47. The van der Waals surface area contributed by atoms with Gasteiger partial charge < -0.3 is 121 Å². The largest absolute Gasteiger partial charge is 0.492 e. The van der Waals surface area contributed by atoms with Gasteiger partial charge in [-0.2, -0.15) is 5.48 Å². The molecular formula is C88H121IN4O29S3. The number of methoxy groups -OCH3 is 5. The minimum atomic E-state index is -2.11. The van der Waals surface area contributed by atoms with Crippen LogP contribution in [0.1, 0.15) is 107 Å². The molecule has 0 saturated carbocycles. The van der Waals surface area contributed by atoms with E-state index in [2.05, 4.69) is 89.7 Å². The number of hydrogen-bond donors (Lipinski definition) is 8. The van der Waals surface area contributed by atoms with Gasteiger partial charge in [-0.25, -0.2) is 9.59 Å². The number of allylic oxidation sites excluding steroid dienone is 3. The number of rotatable bonds is 45. The smallest absolute Gasteiger partial charge is 0.411 e. The number of carbonyl (C=O) groups is 4. The number of ketones is 1. The third kappa shape index (κ3) is 27.4. The Bertz CT molecular complexity index is 4200. The normalized spacial score (nSPS) is 28.3. The van der Waals surface area contributed by atoms with Crippen molar-refractivity contribution in [3.05, 3.63) is 109 Å². The molecule has 4 fully saturated rings. The number of fused-ring (bicyclic) bond motifs is 5. The number of thioether (sulfide) groups is 1. The molecule has 3 aromatic carbocycles. The lowest BCUT2D eigenvalue weighted by molar-refractivity contribution is -0.337. The van der Waals surface area contributed by atoms with Crippen LogP contribution in [-0.2, 0) is 85.4 Å². The van der Waals surface area contributed by atoms with E-state index in [9.17, 15) is 44.7 Å². The molecule has 2 amide bonds. The number of hydroxylamine groups is 1. The summed E-state index contributed by atoms with van der Waals surface area (Å²) in [4.78, 5) is 63.2. The Balaban J connectivity index is 0.703. The molecule has 3 aromatic rings. The van der Waals surface area contributed by atoms with Crippen LogP contribution in [0.5, 0.6) is 17.2 Å². The van der Waals surface area contributed by atoms with Crippen LogP contribution < -0.4 is 30.3 Å². The summed E-state index contributed by atoms with van der Waals surface area (Å²) in [5.74, 6) is 11.4. The molecule has 125 heavy (non-hydrogen) atoms. The molecule has 0 spiro atoms.